The third kappa shape index (κ3) is 3.99. The van der Waals surface area contributed by atoms with Crippen LogP contribution in [0, 0.1) is 0 Å². The van der Waals surface area contributed by atoms with Crippen LogP contribution in [0.2, 0.25) is 0 Å². The Balaban J connectivity index is 2.59. The average Bonchev–Trinajstić information content (AvgIpc) is 2.70. The number of amides is 2. The lowest BCUT2D eigenvalue weighted by atomic mass is 10.3. The Morgan fingerprint density at radius 2 is 2.06 bits per heavy atom. The number of thiazole rings is 1. The van der Waals surface area contributed by atoms with E-state index < -0.39 is 0 Å². The number of anilines is 1. The van der Waals surface area contributed by atoms with Crippen LogP contribution in [0.25, 0.3) is 0 Å². The number of nitrogen functional groups attached to an aromatic ring is 1. The molecule has 100 valence electrons. The zero-order valence-electron chi connectivity index (χ0n) is 10.8. The van der Waals surface area contributed by atoms with E-state index in [4.69, 9.17) is 5.73 Å². The van der Waals surface area contributed by atoms with E-state index >= 15 is 0 Å². The minimum absolute atomic E-state index is 0.0945. The van der Waals surface area contributed by atoms with Crippen molar-refractivity contribution in [3.63, 3.8) is 0 Å². The van der Waals surface area contributed by atoms with Gasteiger partial charge in [0.15, 0.2) is 5.13 Å². The van der Waals surface area contributed by atoms with Crippen molar-refractivity contribution in [2.24, 2.45) is 0 Å². The Hall–Kier alpha value is -1.63. The summed E-state index contributed by atoms with van der Waals surface area (Å²) in [5, 5.41) is 2.21. The molecule has 1 heterocycles. The molecule has 1 rings (SSSR count). The molecule has 0 radical (unpaired) electrons. The van der Waals surface area contributed by atoms with E-state index in [1.807, 2.05) is 6.92 Å². The summed E-state index contributed by atoms with van der Waals surface area (Å²) in [6, 6.07) is 0. The minimum atomic E-state index is -0.113. The maximum atomic E-state index is 12.0. The maximum absolute atomic E-state index is 12.0. The molecule has 0 aliphatic rings. The largest absolute Gasteiger partial charge is 0.375 e. The molecule has 0 fully saturated rings. The van der Waals surface area contributed by atoms with Crippen LogP contribution in [0.3, 0.4) is 0 Å². The molecule has 1 aromatic rings. The zero-order valence-corrected chi connectivity index (χ0v) is 11.7. The van der Waals surface area contributed by atoms with Crippen LogP contribution in [0.5, 0.6) is 0 Å². The van der Waals surface area contributed by atoms with Crippen molar-refractivity contribution >= 4 is 28.3 Å². The summed E-state index contributed by atoms with van der Waals surface area (Å²) in [7, 11) is 3.34. The van der Waals surface area contributed by atoms with Gasteiger partial charge in [0.05, 0.1) is 18.7 Å². The molecule has 0 bridgehead atoms. The zero-order chi connectivity index (χ0) is 13.7. The number of hydrogen-bond donors (Lipinski definition) is 1. The molecule has 0 unspecified atom stereocenters. The van der Waals surface area contributed by atoms with Gasteiger partial charge >= 0.3 is 0 Å². The van der Waals surface area contributed by atoms with Gasteiger partial charge in [0.1, 0.15) is 0 Å². The number of nitrogens with zero attached hydrogens (tertiary/aromatic N) is 3. The number of carbonyl (C=O) groups is 2. The molecule has 0 aromatic carbocycles. The molecule has 2 amide bonds. The molecule has 0 aliphatic heterocycles. The van der Waals surface area contributed by atoms with Gasteiger partial charge < -0.3 is 15.5 Å². The van der Waals surface area contributed by atoms with Crippen molar-refractivity contribution in [1.29, 1.82) is 0 Å². The van der Waals surface area contributed by atoms with Crippen molar-refractivity contribution in [3.05, 3.63) is 11.1 Å². The first-order valence-corrected chi connectivity index (χ1v) is 6.49. The summed E-state index contributed by atoms with van der Waals surface area (Å²) in [5.41, 5.74) is 6.16. The van der Waals surface area contributed by atoms with Crippen molar-refractivity contribution in [3.8, 4) is 0 Å². The lowest BCUT2D eigenvalue weighted by molar-refractivity contribution is -0.138. The van der Waals surface area contributed by atoms with E-state index in [0.717, 1.165) is 0 Å². The highest BCUT2D eigenvalue weighted by Crippen LogP contribution is 2.12. The van der Waals surface area contributed by atoms with Crippen LogP contribution < -0.4 is 5.73 Å². The Morgan fingerprint density at radius 1 is 1.39 bits per heavy atom. The first kappa shape index (κ1) is 14.4. The Labute approximate surface area is 110 Å². The number of rotatable bonds is 5. The van der Waals surface area contributed by atoms with E-state index in [1.54, 1.807) is 19.5 Å². The van der Waals surface area contributed by atoms with Crippen molar-refractivity contribution in [2.75, 3.05) is 32.9 Å². The molecule has 0 atom stereocenters. The quantitative estimate of drug-likeness (QED) is 0.829. The molecule has 1 aromatic heterocycles. The van der Waals surface area contributed by atoms with Crippen LogP contribution in [-0.2, 0) is 16.0 Å². The number of hydrogen-bond acceptors (Lipinski definition) is 5. The van der Waals surface area contributed by atoms with Crippen LogP contribution in [0.1, 0.15) is 12.6 Å². The number of carbonyl (C=O) groups excluding carboxylic acids is 2. The Kier molecular flexibility index (Phi) is 5.08. The van der Waals surface area contributed by atoms with Gasteiger partial charge in [-0.3, -0.25) is 9.59 Å². The predicted molar refractivity (Wildman–Crippen MR) is 71.2 cm³/mol. The molecule has 6 nitrogen and oxygen atoms in total. The van der Waals surface area contributed by atoms with Gasteiger partial charge in [-0.25, -0.2) is 4.98 Å². The normalized spacial score (nSPS) is 10.2. The summed E-state index contributed by atoms with van der Waals surface area (Å²) >= 11 is 1.31. The summed E-state index contributed by atoms with van der Waals surface area (Å²) < 4.78 is 0. The second-order valence-electron chi connectivity index (χ2n) is 4.05. The topological polar surface area (TPSA) is 79.5 Å². The van der Waals surface area contributed by atoms with E-state index in [2.05, 4.69) is 4.98 Å². The summed E-state index contributed by atoms with van der Waals surface area (Å²) in [4.78, 5) is 30.6. The highest BCUT2D eigenvalue weighted by atomic mass is 32.1. The second kappa shape index (κ2) is 6.34. The number of nitrogens with two attached hydrogens (primary N) is 1. The first-order chi connectivity index (χ1) is 8.43. The fourth-order valence-corrected chi connectivity index (χ4v) is 1.91. The van der Waals surface area contributed by atoms with E-state index in [9.17, 15) is 9.59 Å². The molecule has 0 saturated heterocycles. The van der Waals surface area contributed by atoms with E-state index in [1.165, 1.54) is 21.1 Å². The molecule has 2 N–H and O–H groups in total. The predicted octanol–water partition coefficient (Wildman–Crippen LogP) is 0.205. The molecule has 0 spiro atoms. The third-order valence-electron chi connectivity index (χ3n) is 2.46. The van der Waals surface area contributed by atoms with Gasteiger partial charge in [0.25, 0.3) is 0 Å². The molecule has 7 heteroatoms. The first-order valence-electron chi connectivity index (χ1n) is 5.61. The standard InChI is InChI=1S/C11H18N4O2S/c1-4-15(6-10(17)14(2)3)9(16)5-8-7-18-11(12)13-8/h7H,4-6H2,1-3H3,(H2,12,13). The average molecular weight is 270 g/mol. The summed E-state index contributed by atoms with van der Waals surface area (Å²) in [6.45, 7) is 2.44. The van der Waals surface area contributed by atoms with Crippen LogP contribution in [0.4, 0.5) is 5.13 Å². The Bertz CT molecular complexity index is 430. The van der Waals surface area contributed by atoms with Gasteiger partial charge in [0, 0.05) is 26.0 Å². The highest BCUT2D eigenvalue weighted by molar-refractivity contribution is 7.13. The summed E-state index contributed by atoms with van der Waals surface area (Å²) in [5.74, 6) is -0.207. The molecule has 18 heavy (non-hydrogen) atoms. The van der Waals surface area contributed by atoms with Crippen LogP contribution >= 0.6 is 11.3 Å². The monoisotopic (exact) mass is 270 g/mol. The van der Waals surface area contributed by atoms with E-state index in [-0.39, 0.29) is 24.8 Å². The van der Waals surface area contributed by atoms with Crippen LogP contribution in [0.15, 0.2) is 5.38 Å². The van der Waals surface area contributed by atoms with Gasteiger partial charge in [0.2, 0.25) is 11.8 Å². The Morgan fingerprint density at radius 3 is 2.50 bits per heavy atom. The molecular weight excluding hydrogens is 252 g/mol. The van der Waals surface area contributed by atoms with Gasteiger partial charge in [-0.1, -0.05) is 0 Å². The lowest BCUT2D eigenvalue weighted by Crippen LogP contribution is -2.40. The lowest BCUT2D eigenvalue weighted by Gasteiger charge is -2.21. The van der Waals surface area contributed by atoms with Gasteiger partial charge in [-0.05, 0) is 6.92 Å². The molecule has 0 saturated carbocycles. The SMILES string of the molecule is CCN(CC(=O)N(C)C)C(=O)Cc1csc(N)n1. The van der Waals surface area contributed by atoms with Gasteiger partial charge in [-0.15, -0.1) is 11.3 Å². The number of aromatic nitrogens is 1. The summed E-state index contributed by atoms with van der Waals surface area (Å²) in [6.07, 6.45) is 0.183. The van der Waals surface area contributed by atoms with E-state index in [0.29, 0.717) is 17.4 Å². The van der Waals surface area contributed by atoms with Crippen molar-refractivity contribution in [2.45, 2.75) is 13.3 Å². The molecule has 0 aliphatic carbocycles. The smallest absolute Gasteiger partial charge is 0.241 e. The fraction of sp³-hybridized carbons (Fsp3) is 0.545. The minimum Gasteiger partial charge on any atom is -0.375 e. The van der Waals surface area contributed by atoms with Crippen molar-refractivity contribution < 1.29 is 9.59 Å². The molecular formula is C11H18N4O2S. The fourth-order valence-electron chi connectivity index (χ4n) is 1.35. The highest BCUT2D eigenvalue weighted by Gasteiger charge is 2.17. The number of likely N-dealkylation sites (N-methyl/N-ethyl adjacent to an activating group) is 2. The second-order valence-corrected chi connectivity index (χ2v) is 4.94. The maximum Gasteiger partial charge on any atom is 0.241 e. The van der Waals surface area contributed by atoms with Crippen molar-refractivity contribution in [1.82, 2.24) is 14.8 Å². The third-order valence-corrected chi connectivity index (χ3v) is 3.18. The van der Waals surface area contributed by atoms with Gasteiger partial charge in [-0.2, -0.15) is 0 Å². The van der Waals surface area contributed by atoms with Crippen LogP contribution in [-0.4, -0.2) is 53.8 Å².